The van der Waals surface area contributed by atoms with E-state index in [4.69, 9.17) is 0 Å². The maximum Gasteiger partial charge on any atom is 0.191 e. The van der Waals surface area contributed by atoms with Crippen LogP contribution in [0.5, 0.6) is 0 Å². The van der Waals surface area contributed by atoms with Crippen molar-refractivity contribution in [2.24, 2.45) is 4.99 Å². The number of aliphatic imine (C=N–C) groups is 1. The fourth-order valence-electron chi connectivity index (χ4n) is 3.90. The third-order valence-corrected chi connectivity index (χ3v) is 5.41. The van der Waals surface area contributed by atoms with Gasteiger partial charge in [-0.2, -0.15) is 0 Å². The second kappa shape index (κ2) is 9.56. The minimum atomic E-state index is -0.194. The first kappa shape index (κ1) is 20.1. The molecule has 158 valence electrons. The standard InChI is InChI=1S/C22H28FN7/c1-24-22(25-12-5-11-21-28-27-20-10-2-3-14-30(20)21)26-18-8-6-13-29(16-18)19-9-4-7-17(23)15-19/h2-4,7,9-10,14-15,18H,5-6,8,11-13,16H2,1H3,(H2,24,25,26). The van der Waals surface area contributed by atoms with Crippen molar-refractivity contribution in [2.45, 2.75) is 31.7 Å². The lowest BCUT2D eigenvalue weighted by Gasteiger charge is -2.35. The summed E-state index contributed by atoms with van der Waals surface area (Å²) in [5, 5.41) is 15.4. The highest BCUT2D eigenvalue weighted by atomic mass is 19.1. The van der Waals surface area contributed by atoms with Crippen molar-refractivity contribution in [1.29, 1.82) is 0 Å². The van der Waals surface area contributed by atoms with Gasteiger partial charge in [0.05, 0.1) is 0 Å². The summed E-state index contributed by atoms with van der Waals surface area (Å²) in [6, 6.07) is 13.0. The van der Waals surface area contributed by atoms with Gasteiger partial charge in [0.25, 0.3) is 0 Å². The second-order valence-corrected chi connectivity index (χ2v) is 7.56. The van der Waals surface area contributed by atoms with Crippen LogP contribution in [-0.2, 0) is 6.42 Å². The minimum absolute atomic E-state index is 0.194. The molecule has 7 nitrogen and oxygen atoms in total. The fourth-order valence-corrected chi connectivity index (χ4v) is 3.90. The molecule has 0 spiro atoms. The predicted molar refractivity (Wildman–Crippen MR) is 117 cm³/mol. The molecular weight excluding hydrogens is 381 g/mol. The van der Waals surface area contributed by atoms with Crippen molar-refractivity contribution in [2.75, 3.05) is 31.6 Å². The smallest absolute Gasteiger partial charge is 0.191 e. The van der Waals surface area contributed by atoms with E-state index >= 15 is 0 Å². The van der Waals surface area contributed by atoms with E-state index in [9.17, 15) is 4.39 Å². The van der Waals surface area contributed by atoms with E-state index in [1.165, 1.54) is 6.07 Å². The van der Waals surface area contributed by atoms with Gasteiger partial charge >= 0.3 is 0 Å². The van der Waals surface area contributed by atoms with Gasteiger partial charge in [-0.1, -0.05) is 12.1 Å². The third kappa shape index (κ3) is 4.87. The maximum absolute atomic E-state index is 13.6. The molecule has 0 amide bonds. The Morgan fingerprint density at radius 1 is 1.23 bits per heavy atom. The van der Waals surface area contributed by atoms with Gasteiger partial charge in [-0.25, -0.2) is 4.39 Å². The number of aromatic nitrogens is 3. The number of hydrogen-bond donors (Lipinski definition) is 2. The van der Waals surface area contributed by atoms with Crippen molar-refractivity contribution in [3.05, 3.63) is 60.3 Å². The van der Waals surface area contributed by atoms with E-state index in [2.05, 4.69) is 30.7 Å². The summed E-state index contributed by atoms with van der Waals surface area (Å²) >= 11 is 0. The maximum atomic E-state index is 13.6. The summed E-state index contributed by atoms with van der Waals surface area (Å²) < 4.78 is 15.6. The van der Waals surface area contributed by atoms with Crippen LogP contribution in [0.15, 0.2) is 53.7 Å². The van der Waals surface area contributed by atoms with Crippen molar-refractivity contribution in [3.8, 4) is 0 Å². The lowest BCUT2D eigenvalue weighted by molar-refractivity contribution is 0.467. The Kier molecular flexibility index (Phi) is 6.41. The van der Waals surface area contributed by atoms with Crippen LogP contribution in [0, 0.1) is 5.82 Å². The largest absolute Gasteiger partial charge is 0.369 e. The first-order valence-corrected chi connectivity index (χ1v) is 10.5. The number of anilines is 1. The van der Waals surface area contributed by atoms with E-state index in [1.54, 1.807) is 19.2 Å². The predicted octanol–water partition coefficient (Wildman–Crippen LogP) is 2.63. The number of nitrogens with zero attached hydrogens (tertiary/aromatic N) is 5. The molecule has 2 N–H and O–H groups in total. The molecule has 0 bridgehead atoms. The highest BCUT2D eigenvalue weighted by Gasteiger charge is 2.21. The van der Waals surface area contributed by atoms with Crippen LogP contribution in [0.25, 0.3) is 5.65 Å². The van der Waals surface area contributed by atoms with Crippen LogP contribution in [0.3, 0.4) is 0 Å². The monoisotopic (exact) mass is 409 g/mol. The van der Waals surface area contributed by atoms with Gasteiger partial charge in [-0.05, 0) is 49.6 Å². The molecule has 0 radical (unpaired) electrons. The fraction of sp³-hybridized carbons (Fsp3) is 0.409. The molecule has 1 aliphatic heterocycles. The molecule has 1 aliphatic rings. The quantitative estimate of drug-likeness (QED) is 0.372. The Balaban J connectivity index is 1.25. The molecule has 8 heteroatoms. The molecule has 1 aromatic carbocycles. The molecule has 2 aromatic heterocycles. The number of piperidine rings is 1. The number of fused-ring (bicyclic) bond motifs is 1. The number of nitrogens with one attached hydrogen (secondary N) is 2. The van der Waals surface area contributed by atoms with Crippen LogP contribution < -0.4 is 15.5 Å². The Morgan fingerprint density at radius 2 is 2.17 bits per heavy atom. The topological polar surface area (TPSA) is 69.8 Å². The summed E-state index contributed by atoms with van der Waals surface area (Å²) in [5.41, 5.74) is 1.81. The van der Waals surface area contributed by atoms with Gasteiger partial charge in [0.1, 0.15) is 11.6 Å². The molecule has 3 heterocycles. The van der Waals surface area contributed by atoms with Gasteiger partial charge in [-0.3, -0.25) is 9.39 Å². The first-order chi connectivity index (χ1) is 14.7. The van der Waals surface area contributed by atoms with E-state index in [-0.39, 0.29) is 11.9 Å². The Hall–Kier alpha value is -3.16. The molecule has 1 saturated heterocycles. The second-order valence-electron chi connectivity index (χ2n) is 7.56. The minimum Gasteiger partial charge on any atom is -0.369 e. The molecular formula is C22H28FN7. The van der Waals surface area contributed by atoms with Crippen LogP contribution in [-0.4, -0.2) is 53.3 Å². The normalized spacial score (nSPS) is 17.3. The molecule has 4 rings (SSSR count). The summed E-state index contributed by atoms with van der Waals surface area (Å²) in [6.07, 6.45) is 5.89. The van der Waals surface area contributed by atoms with Crippen molar-refractivity contribution >= 4 is 17.3 Å². The lowest BCUT2D eigenvalue weighted by Crippen LogP contribution is -2.51. The molecule has 30 heavy (non-hydrogen) atoms. The number of pyridine rings is 1. The van der Waals surface area contributed by atoms with Gasteiger partial charge in [0.2, 0.25) is 0 Å². The van der Waals surface area contributed by atoms with E-state index in [1.807, 2.05) is 34.9 Å². The van der Waals surface area contributed by atoms with Crippen LogP contribution in [0.1, 0.15) is 25.1 Å². The number of benzene rings is 1. The van der Waals surface area contributed by atoms with Gasteiger partial charge in [0.15, 0.2) is 11.6 Å². The summed E-state index contributed by atoms with van der Waals surface area (Å²) in [6.45, 7) is 2.57. The number of rotatable bonds is 6. The van der Waals surface area contributed by atoms with Gasteiger partial charge < -0.3 is 15.5 Å². The third-order valence-electron chi connectivity index (χ3n) is 5.41. The Labute approximate surface area is 176 Å². The lowest BCUT2D eigenvalue weighted by atomic mass is 10.0. The molecule has 0 aliphatic carbocycles. The summed E-state index contributed by atoms with van der Waals surface area (Å²) in [5.74, 6) is 1.57. The van der Waals surface area contributed by atoms with Gasteiger partial charge in [0, 0.05) is 51.0 Å². The number of hydrogen-bond acceptors (Lipinski definition) is 4. The number of guanidine groups is 1. The van der Waals surface area contributed by atoms with Crippen molar-refractivity contribution in [3.63, 3.8) is 0 Å². The zero-order chi connectivity index (χ0) is 20.8. The molecule has 0 saturated carbocycles. The number of halogens is 1. The summed E-state index contributed by atoms with van der Waals surface area (Å²) in [7, 11) is 1.79. The van der Waals surface area contributed by atoms with Crippen LogP contribution in [0.2, 0.25) is 0 Å². The molecule has 1 fully saturated rings. The number of aryl methyl sites for hydroxylation is 1. The van der Waals surface area contributed by atoms with E-state index in [0.29, 0.717) is 0 Å². The zero-order valence-corrected chi connectivity index (χ0v) is 17.3. The average Bonchev–Trinajstić information content (AvgIpc) is 3.19. The highest BCUT2D eigenvalue weighted by Crippen LogP contribution is 2.20. The van der Waals surface area contributed by atoms with E-state index < -0.39 is 0 Å². The van der Waals surface area contributed by atoms with Gasteiger partial charge in [-0.15, -0.1) is 10.2 Å². The summed E-state index contributed by atoms with van der Waals surface area (Å²) in [4.78, 5) is 6.59. The SMILES string of the molecule is CN=C(NCCCc1nnc2ccccn12)NC1CCCN(c2cccc(F)c2)C1. The first-order valence-electron chi connectivity index (χ1n) is 10.5. The van der Waals surface area contributed by atoms with Crippen LogP contribution in [0.4, 0.5) is 10.1 Å². The Bertz CT molecular complexity index is 1000. The molecule has 1 unspecified atom stereocenters. The average molecular weight is 410 g/mol. The molecule has 3 aromatic rings. The highest BCUT2D eigenvalue weighted by molar-refractivity contribution is 5.80. The molecule has 1 atom stereocenters. The van der Waals surface area contributed by atoms with Crippen molar-refractivity contribution < 1.29 is 4.39 Å². The zero-order valence-electron chi connectivity index (χ0n) is 17.3. The van der Waals surface area contributed by atoms with Crippen molar-refractivity contribution in [1.82, 2.24) is 25.2 Å². The van der Waals surface area contributed by atoms with Crippen LogP contribution >= 0.6 is 0 Å². The van der Waals surface area contributed by atoms with E-state index in [0.717, 1.165) is 68.4 Å². The Morgan fingerprint density at radius 3 is 3.03 bits per heavy atom.